The molecule has 7 rings (SSSR count). The third kappa shape index (κ3) is 4.19. The summed E-state index contributed by atoms with van der Waals surface area (Å²) in [5, 5.41) is 9.44. The molecule has 5 heteroatoms. The maximum atomic E-state index is 13.2. The van der Waals surface area contributed by atoms with Crippen LogP contribution < -0.4 is 5.32 Å². The Hall–Kier alpha value is -2.69. The van der Waals surface area contributed by atoms with Gasteiger partial charge in [0.15, 0.2) is 5.65 Å². The molecule has 0 saturated heterocycles. The smallest absolute Gasteiger partial charge is 0.220 e. The molecular formula is C32H42N4O. The number of benzene rings is 1. The van der Waals surface area contributed by atoms with Crippen LogP contribution in [0.5, 0.6) is 0 Å². The van der Waals surface area contributed by atoms with E-state index in [0.29, 0.717) is 18.3 Å². The lowest BCUT2D eigenvalue weighted by molar-refractivity contribution is -0.125. The van der Waals surface area contributed by atoms with Gasteiger partial charge in [0.05, 0.1) is 11.4 Å². The summed E-state index contributed by atoms with van der Waals surface area (Å²) in [4.78, 5) is 18.2. The van der Waals surface area contributed by atoms with Crippen molar-refractivity contribution in [1.82, 2.24) is 20.1 Å². The highest BCUT2D eigenvalue weighted by molar-refractivity contribution is 5.85. The molecule has 4 aliphatic rings. The molecule has 4 fully saturated rings. The number of carbonyl (C=O) groups is 1. The molecule has 2 heterocycles. The minimum absolute atomic E-state index is 0.185. The Morgan fingerprint density at radius 1 is 1.00 bits per heavy atom. The molecule has 4 aliphatic carbocycles. The van der Waals surface area contributed by atoms with E-state index in [1.165, 1.54) is 60.8 Å². The molecule has 1 aromatic carbocycles. The van der Waals surface area contributed by atoms with Crippen LogP contribution in [-0.2, 0) is 11.2 Å². The fourth-order valence-electron chi connectivity index (χ4n) is 8.52. The zero-order valence-corrected chi connectivity index (χ0v) is 23.4. The monoisotopic (exact) mass is 498 g/mol. The Morgan fingerprint density at radius 3 is 2.27 bits per heavy atom. The van der Waals surface area contributed by atoms with Crippen molar-refractivity contribution in [2.24, 2.45) is 23.2 Å². The van der Waals surface area contributed by atoms with Gasteiger partial charge in [0, 0.05) is 23.5 Å². The van der Waals surface area contributed by atoms with Gasteiger partial charge in [0.1, 0.15) is 0 Å². The summed E-state index contributed by atoms with van der Waals surface area (Å²) in [5.74, 6) is 2.90. The molecule has 196 valence electrons. The second-order valence-electron chi connectivity index (χ2n) is 12.8. The molecule has 4 bridgehead atoms. The number of rotatable bonds is 6. The predicted octanol–water partition coefficient (Wildman–Crippen LogP) is 6.62. The lowest BCUT2D eigenvalue weighted by atomic mass is 9.48. The third-order valence-corrected chi connectivity index (χ3v) is 10.3. The van der Waals surface area contributed by atoms with Crippen molar-refractivity contribution >= 4 is 16.9 Å². The third-order valence-electron chi connectivity index (χ3n) is 10.3. The average molecular weight is 499 g/mol. The minimum atomic E-state index is 0.185. The average Bonchev–Trinajstić information content (AvgIpc) is 3.15. The van der Waals surface area contributed by atoms with Crippen LogP contribution in [0.2, 0.25) is 0 Å². The van der Waals surface area contributed by atoms with Gasteiger partial charge in [-0.3, -0.25) is 4.79 Å². The summed E-state index contributed by atoms with van der Waals surface area (Å²) in [6, 6.07) is 6.71. The molecule has 37 heavy (non-hydrogen) atoms. The van der Waals surface area contributed by atoms with Crippen LogP contribution >= 0.6 is 0 Å². The summed E-state index contributed by atoms with van der Waals surface area (Å²) in [7, 11) is 0. The number of aromatic nitrogens is 3. The summed E-state index contributed by atoms with van der Waals surface area (Å²) in [6.07, 6.45) is 9.51. The SMILES string of the molecule is Cc1ccc(-n2nc(C)c3c(C)c(CCC(=O)NC(C)C45CC6CC(CC(C6)C4)C5)c(C)nc32)cc1C. The van der Waals surface area contributed by atoms with E-state index in [-0.39, 0.29) is 11.9 Å². The van der Waals surface area contributed by atoms with E-state index in [1.807, 2.05) is 4.68 Å². The van der Waals surface area contributed by atoms with Gasteiger partial charge in [-0.1, -0.05) is 6.07 Å². The number of amides is 1. The highest BCUT2D eigenvalue weighted by atomic mass is 16.1. The van der Waals surface area contributed by atoms with Crippen molar-refractivity contribution in [3.63, 3.8) is 0 Å². The summed E-state index contributed by atoms with van der Waals surface area (Å²) in [6.45, 7) is 12.8. The number of fused-ring (bicyclic) bond motifs is 1. The van der Waals surface area contributed by atoms with Gasteiger partial charge in [-0.15, -0.1) is 0 Å². The first-order valence-corrected chi connectivity index (χ1v) is 14.4. The molecule has 1 atom stereocenters. The fourth-order valence-corrected chi connectivity index (χ4v) is 8.52. The predicted molar refractivity (Wildman–Crippen MR) is 149 cm³/mol. The van der Waals surface area contributed by atoms with Crippen LogP contribution in [0.1, 0.15) is 85.5 Å². The van der Waals surface area contributed by atoms with Crippen LogP contribution in [0.4, 0.5) is 0 Å². The lowest BCUT2D eigenvalue weighted by Crippen LogP contribution is -2.55. The molecule has 4 saturated carbocycles. The van der Waals surface area contributed by atoms with E-state index in [1.54, 1.807) is 0 Å². The van der Waals surface area contributed by atoms with Gasteiger partial charge in [-0.25, -0.2) is 9.67 Å². The number of nitrogens with one attached hydrogen (secondary N) is 1. The first-order chi connectivity index (χ1) is 17.6. The van der Waals surface area contributed by atoms with Crippen molar-refractivity contribution in [3.8, 4) is 5.69 Å². The number of hydrogen-bond donors (Lipinski definition) is 1. The zero-order valence-electron chi connectivity index (χ0n) is 23.4. The Labute approximate surface area is 221 Å². The fraction of sp³-hybridized carbons (Fsp3) is 0.594. The van der Waals surface area contributed by atoms with Gasteiger partial charge in [0.2, 0.25) is 5.91 Å². The van der Waals surface area contributed by atoms with Crippen LogP contribution in [0, 0.1) is 57.8 Å². The van der Waals surface area contributed by atoms with E-state index >= 15 is 0 Å². The molecule has 5 nitrogen and oxygen atoms in total. The van der Waals surface area contributed by atoms with Gasteiger partial charge in [-0.2, -0.15) is 5.10 Å². The minimum Gasteiger partial charge on any atom is -0.353 e. The molecule has 0 spiro atoms. The van der Waals surface area contributed by atoms with Crippen LogP contribution in [0.25, 0.3) is 16.7 Å². The van der Waals surface area contributed by atoms with Crippen molar-refractivity contribution in [3.05, 3.63) is 51.8 Å². The number of pyridine rings is 1. The topological polar surface area (TPSA) is 59.8 Å². The normalized spacial score (nSPS) is 27.1. The molecule has 1 amide bonds. The Kier molecular flexibility index (Phi) is 5.96. The van der Waals surface area contributed by atoms with Crippen LogP contribution in [0.3, 0.4) is 0 Å². The van der Waals surface area contributed by atoms with Gasteiger partial charge in [-0.05, 0) is 144 Å². The first kappa shape index (κ1) is 24.6. The molecular weight excluding hydrogens is 456 g/mol. The van der Waals surface area contributed by atoms with Crippen LogP contribution in [0.15, 0.2) is 18.2 Å². The number of nitrogens with zero attached hydrogens (tertiary/aromatic N) is 3. The van der Waals surface area contributed by atoms with Crippen molar-refractivity contribution in [1.29, 1.82) is 0 Å². The van der Waals surface area contributed by atoms with E-state index in [9.17, 15) is 4.79 Å². The summed E-state index contributed by atoms with van der Waals surface area (Å²) in [5.41, 5.74) is 9.18. The second kappa shape index (κ2) is 8.96. The number of carbonyl (C=O) groups excluding carboxylic acids is 1. The molecule has 0 aliphatic heterocycles. The largest absolute Gasteiger partial charge is 0.353 e. The van der Waals surface area contributed by atoms with E-state index in [4.69, 9.17) is 10.1 Å². The lowest BCUT2D eigenvalue weighted by Gasteiger charge is -2.59. The Balaban J connectivity index is 1.19. The van der Waals surface area contributed by atoms with Crippen LogP contribution in [-0.4, -0.2) is 26.7 Å². The molecule has 1 unspecified atom stereocenters. The summed E-state index contributed by atoms with van der Waals surface area (Å²) >= 11 is 0. The van der Waals surface area contributed by atoms with Crippen molar-refractivity contribution < 1.29 is 4.79 Å². The second-order valence-corrected chi connectivity index (χ2v) is 12.8. The maximum absolute atomic E-state index is 13.2. The van der Waals surface area contributed by atoms with Crippen molar-refractivity contribution in [2.75, 3.05) is 0 Å². The standard InChI is InChI=1S/C32H42N4O/c1-18-7-8-27(11-19(18)2)36-31-30(22(5)35-36)20(3)28(21(4)33-31)9-10-29(37)34-23(6)32-15-24-12-25(16-32)14-26(13-24)17-32/h7-8,11,23-26H,9-10,12-17H2,1-6H3,(H,34,37). The van der Waals surface area contributed by atoms with E-state index in [2.05, 4.69) is 65.1 Å². The van der Waals surface area contributed by atoms with Crippen molar-refractivity contribution in [2.45, 2.75) is 99.0 Å². The molecule has 2 aromatic heterocycles. The molecule has 3 aromatic rings. The quantitative estimate of drug-likeness (QED) is 0.416. The zero-order chi connectivity index (χ0) is 26.1. The first-order valence-electron chi connectivity index (χ1n) is 14.4. The Bertz CT molecular complexity index is 1350. The number of aryl methyl sites for hydroxylation is 5. The molecule has 0 radical (unpaired) electrons. The molecule has 1 N–H and O–H groups in total. The highest BCUT2D eigenvalue weighted by Gasteiger charge is 2.53. The number of hydrogen-bond acceptors (Lipinski definition) is 3. The van der Waals surface area contributed by atoms with E-state index in [0.717, 1.165) is 45.9 Å². The maximum Gasteiger partial charge on any atom is 0.220 e. The van der Waals surface area contributed by atoms with Gasteiger partial charge in [0.25, 0.3) is 0 Å². The Morgan fingerprint density at radius 2 is 1.65 bits per heavy atom. The summed E-state index contributed by atoms with van der Waals surface area (Å²) < 4.78 is 1.97. The van der Waals surface area contributed by atoms with E-state index < -0.39 is 0 Å². The van der Waals surface area contributed by atoms with Gasteiger partial charge < -0.3 is 5.32 Å². The van der Waals surface area contributed by atoms with Gasteiger partial charge >= 0.3 is 0 Å². The highest BCUT2D eigenvalue weighted by Crippen LogP contribution is 2.61.